The van der Waals surface area contributed by atoms with Gasteiger partial charge < -0.3 is 20.8 Å². The van der Waals surface area contributed by atoms with Gasteiger partial charge in [0.2, 0.25) is 5.91 Å². The molecule has 4 aromatic rings. The number of thioether (sulfide) groups is 1. The van der Waals surface area contributed by atoms with E-state index in [1.54, 1.807) is 48.5 Å². The molecule has 4 N–H and O–H groups in total. The van der Waals surface area contributed by atoms with E-state index in [1.807, 2.05) is 6.07 Å². The highest BCUT2D eigenvalue weighted by molar-refractivity contribution is 8.00. The second kappa shape index (κ2) is 13.9. The molecule has 4 rings (SSSR count). The highest BCUT2D eigenvalue weighted by Crippen LogP contribution is 2.42. The third kappa shape index (κ3) is 7.38. The summed E-state index contributed by atoms with van der Waals surface area (Å²) in [5.41, 5.74) is 0.0167. The molecule has 0 aliphatic carbocycles. The highest BCUT2D eigenvalue weighted by Gasteiger charge is 2.29. The van der Waals surface area contributed by atoms with Gasteiger partial charge in [-0.15, -0.1) is 11.8 Å². The van der Waals surface area contributed by atoms with Gasteiger partial charge in [0.15, 0.2) is 0 Å². The Bertz CT molecular complexity index is 1750. The number of carbonyl (C=O) groups excluding carboxylic acids is 2. The number of carboxylic acids is 2. The zero-order chi connectivity index (χ0) is 31.4. The SMILES string of the molecule is O=C(O)c1cc(NC(=O)C(Sc2ccc(NC(=O)c3c(Cl)c(Cl)c(Cl)c(Cl)c3C(=O)O)cc2)c2ccccc2)ccc1Cl. The smallest absolute Gasteiger partial charge is 0.338 e. The maximum absolute atomic E-state index is 13.4. The molecular weight excluding hydrogens is 682 g/mol. The van der Waals surface area contributed by atoms with Crippen molar-refractivity contribution in [1.29, 1.82) is 0 Å². The minimum absolute atomic E-state index is 0.0374. The molecule has 0 bridgehead atoms. The summed E-state index contributed by atoms with van der Waals surface area (Å²) in [5, 5.41) is 22.2. The van der Waals surface area contributed by atoms with Crippen LogP contribution in [0.25, 0.3) is 0 Å². The fourth-order valence-corrected chi connectivity index (χ4v) is 6.11. The van der Waals surface area contributed by atoms with Gasteiger partial charge in [0.1, 0.15) is 5.25 Å². The molecule has 1 atom stereocenters. The molecule has 0 spiro atoms. The van der Waals surface area contributed by atoms with E-state index in [1.165, 1.54) is 30.0 Å². The Labute approximate surface area is 273 Å². The van der Waals surface area contributed by atoms with Crippen LogP contribution in [0.2, 0.25) is 25.1 Å². The molecule has 0 aliphatic rings. The Hall–Kier alpha value is -3.44. The maximum atomic E-state index is 13.4. The van der Waals surface area contributed by atoms with Gasteiger partial charge in [-0.1, -0.05) is 88.3 Å². The fourth-order valence-electron chi connectivity index (χ4n) is 3.87. The van der Waals surface area contributed by atoms with Gasteiger partial charge in [-0.25, -0.2) is 9.59 Å². The van der Waals surface area contributed by atoms with Crippen molar-refractivity contribution in [2.75, 3.05) is 10.6 Å². The maximum Gasteiger partial charge on any atom is 0.338 e. The average Bonchev–Trinajstić information content (AvgIpc) is 2.98. The predicted octanol–water partition coefficient (Wildman–Crippen LogP) is 9.07. The first kappa shape index (κ1) is 32.5. The van der Waals surface area contributed by atoms with Crippen LogP contribution >= 0.6 is 69.8 Å². The molecule has 14 heteroatoms. The van der Waals surface area contributed by atoms with Crippen LogP contribution in [-0.4, -0.2) is 34.0 Å². The summed E-state index contributed by atoms with van der Waals surface area (Å²) >= 11 is 31.4. The first-order chi connectivity index (χ1) is 20.4. The Kier molecular flexibility index (Phi) is 10.5. The van der Waals surface area contributed by atoms with E-state index in [0.29, 0.717) is 10.5 Å². The predicted molar refractivity (Wildman–Crippen MR) is 170 cm³/mol. The number of amides is 2. The summed E-state index contributed by atoms with van der Waals surface area (Å²) in [7, 11) is 0. The second-order valence-electron chi connectivity index (χ2n) is 8.69. The van der Waals surface area contributed by atoms with Crippen molar-refractivity contribution in [3.63, 3.8) is 0 Å². The molecule has 1 unspecified atom stereocenters. The largest absolute Gasteiger partial charge is 0.478 e. The van der Waals surface area contributed by atoms with Crippen LogP contribution in [0.3, 0.4) is 0 Å². The molecule has 0 aromatic heterocycles. The number of nitrogens with one attached hydrogen (secondary N) is 2. The first-order valence-corrected chi connectivity index (χ1v) is 14.7. The lowest BCUT2D eigenvalue weighted by molar-refractivity contribution is -0.115. The van der Waals surface area contributed by atoms with Crippen LogP contribution in [0.5, 0.6) is 0 Å². The van der Waals surface area contributed by atoms with Crippen molar-refractivity contribution >= 4 is 105 Å². The van der Waals surface area contributed by atoms with E-state index in [0.717, 1.165) is 0 Å². The lowest BCUT2D eigenvalue weighted by Gasteiger charge is -2.18. The fraction of sp³-hybridized carbons (Fsp3) is 0.0345. The molecule has 2 amide bonds. The number of hydrogen-bond acceptors (Lipinski definition) is 5. The molecule has 0 saturated carbocycles. The summed E-state index contributed by atoms with van der Waals surface area (Å²) < 4.78 is 0. The van der Waals surface area contributed by atoms with Gasteiger partial charge in [0.25, 0.3) is 5.91 Å². The summed E-state index contributed by atoms with van der Waals surface area (Å²) in [6.45, 7) is 0. The standard InChI is InChI=1S/C29H17Cl5N2O6S/c30-18-11-8-15(12-17(18)28(39)40)36-27(38)25(13-4-2-1-3-5-13)43-16-9-6-14(7-10-16)35-26(37)19-20(29(41)42)22(32)24(34)23(33)21(19)31/h1-12,25H,(H,35,37)(H,36,38)(H,39,40)(H,41,42). The van der Waals surface area contributed by atoms with Crippen LogP contribution in [0.1, 0.15) is 41.9 Å². The number of anilines is 2. The Morgan fingerprint density at radius 2 is 1.23 bits per heavy atom. The molecule has 8 nitrogen and oxygen atoms in total. The number of benzene rings is 4. The van der Waals surface area contributed by atoms with Gasteiger partial charge in [-0.05, 0) is 48.0 Å². The number of halogens is 5. The topological polar surface area (TPSA) is 133 Å². The number of rotatable bonds is 9. The Morgan fingerprint density at radius 3 is 1.81 bits per heavy atom. The molecule has 43 heavy (non-hydrogen) atoms. The lowest BCUT2D eigenvalue weighted by atomic mass is 10.1. The monoisotopic (exact) mass is 696 g/mol. The van der Waals surface area contributed by atoms with Gasteiger partial charge >= 0.3 is 11.9 Å². The minimum atomic E-state index is -1.52. The normalized spacial score (nSPS) is 11.5. The van der Waals surface area contributed by atoms with Crippen LogP contribution in [-0.2, 0) is 4.79 Å². The van der Waals surface area contributed by atoms with E-state index in [9.17, 15) is 29.4 Å². The average molecular weight is 699 g/mol. The molecule has 0 radical (unpaired) electrons. The van der Waals surface area contributed by atoms with Gasteiger partial charge in [0.05, 0.1) is 41.8 Å². The Morgan fingerprint density at radius 1 is 0.651 bits per heavy atom. The molecule has 220 valence electrons. The van der Waals surface area contributed by atoms with Crippen molar-refractivity contribution in [2.24, 2.45) is 0 Å². The quantitative estimate of drug-likeness (QED) is 0.0779. The third-order valence-corrected chi connectivity index (χ3v) is 9.28. The van der Waals surface area contributed by atoms with Gasteiger partial charge in [0, 0.05) is 16.3 Å². The van der Waals surface area contributed by atoms with Crippen molar-refractivity contribution < 1.29 is 29.4 Å². The lowest BCUT2D eigenvalue weighted by Crippen LogP contribution is -2.19. The number of carboxylic acid groups (broad SMARTS) is 2. The number of hydrogen-bond donors (Lipinski definition) is 4. The van der Waals surface area contributed by atoms with Crippen molar-refractivity contribution in [2.45, 2.75) is 10.1 Å². The molecule has 0 saturated heterocycles. The number of carbonyl (C=O) groups is 4. The third-order valence-electron chi connectivity index (χ3n) is 5.88. The molecular formula is C29H17Cl5N2O6S. The van der Waals surface area contributed by atoms with Crippen molar-refractivity contribution in [3.8, 4) is 0 Å². The molecule has 0 aliphatic heterocycles. The summed E-state index contributed by atoms with van der Waals surface area (Å²) in [5.74, 6) is -4.05. The zero-order valence-electron chi connectivity index (χ0n) is 21.3. The molecule has 0 heterocycles. The van der Waals surface area contributed by atoms with Gasteiger partial charge in [-0.2, -0.15) is 0 Å². The van der Waals surface area contributed by atoms with E-state index >= 15 is 0 Å². The molecule has 4 aromatic carbocycles. The molecule has 0 fully saturated rings. The van der Waals surface area contributed by atoms with E-state index in [4.69, 9.17) is 58.0 Å². The highest BCUT2D eigenvalue weighted by atomic mass is 35.5. The van der Waals surface area contributed by atoms with E-state index in [-0.39, 0.29) is 37.0 Å². The minimum Gasteiger partial charge on any atom is -0.478 e. The van der Waals surface area contributed by atoms with Crippen LogP contribution in [0.4, 0.5) is 11.4 Å². The van der Waals surface area contributed by atoms with Crippen LogP contribution < -0.4 is 10.6 Å². The summed E-state index contributed by atoms with van der Waals surface area (Å²) in [4.78, 5) is 50.4. The number of aromatic carboxylic acids is 2. The first-order valence-electron chi connectivity index (χ1n) is 11.9. The van der Waals surface area contributed by atoms with E-state index in [2.05, 4.69) is 10.6 Å². The zero-order valence-corrected chi connectivity index (χ0v) is 25.9. The van der Waals surface area contributed by atoms with E-state index < -0.39 is 45.2 Å². The van der Waals surface area contributed by atoms with Crippen LogP contribution in [0, 0.1) is 0 Å². The second-order valence-corrected chi connectivity index (χ2v) is 11.8. The summed E-state index contributed by atoms with van der Waals surface area (Å²) in [6.07, 6.45) is 0. The van der Waals surface area contributed by atoms with Gasteiger partial charge in [-0.3, -0.25) is 9.59 Å². The van der Waals surface area contributed by atoms with Crippen LogP contribution in [0.15, 0.2) is 77.7 Å². The van der Waals surface area contributed by atoms with Crippen molar-refractivity contribution in [3.05, 3.63) is 120 Å². The summed E-state index contributed by atoms with van der Waals surface area (Å²) in [6, 6.07) is 19.5. The Balaban J connectivity index is 1.57. The van der Waals surface area contributed by atoms with Crippen molar-refractivity contribution in [1.82, 2.24) is 0 Å².